The molecule has 1 aromatic heterocycles. The summed E-state index contributed by atoms with van der Waals surface area (Å²) in [5.74, 6) is 0.867. The molecule has 0 aliphatic carbocycles. The third-order valence-electron chi connectivity index (χ3n) is 4.00. The number of anilines is 2. The number of rotatable bonds is 5. The molecule has 3 rings (SSSR count). The van der Waals surface area contributed by atoms with Crippen LogP contribution in [-0.4, -0.2) is 33.8 Å². The van der Waals surface area contributed by atoms with Crippen LogP contribution in [0.5, 0.6) is 0 Å². The molecule has 3 aromatic rings. The van der Waals surface area contributed by atoms with E-state index in [0.717, 1.165) is 22.3 Å². The number of hydrogen-bond donors (Lipinski definition) is 1. The van der Waals surface area contributed by atoms with Crippen molar-refractivity contribution in [1.29, 1.82) is 0 Å². The summed E-state index contributed by atoms with van der Waals surface area (Å²) in [4.78, 5) is 6.91. The van der Waals surface area contributed by atoms with E-state index in [4.69, 9.17) is 0 Å². The van der Waals surface area contributed by atoms with Crippen molar-refractivity contribution >= 4 is 32.2 Å². The molecule has 2 aromatic carbocycles. The minimum atomic E-state index is -3.29. The van der Waals surface area contributed by atoms with Gasteiger partial charge in [-0.1, -0.05) is 30.3 Å². The zero-order valence-electron chi connectivity index (χ0n) is 14.5. The zero-order chi connectivity index (χ0) is 18.0. The lowest BCUT2D eigenvalue weighted by Gasteiger charge is -2.16. The van der Waals surface area contributed by atoms with E-state index >= 15 is 0 Å². The van der Waals surface area contributed by atoms with E-state index in [9.17, 15) is 8.42 Å². The largest absolute Gasteiger partial charge is 0.380 e. The highest BCUT2D eigenvalue weighted by molar-refractivity contribution is 7.90. The molecule has 1 heterocycles. The van der Waals surface area contributed by atoms with Crippen molar-refractivity contribution in [1.82, 2.24) is 4.98 Å². The van der Waals surface area contributed by atoms with Crippen molar-refractivity contribution in [3.8, 4) is 0 Å². The first kappa shape index (κ1) is 17.2. The maximum Gasteiger partial charge on any atom is 0.177 e. The summed E-state index contributed by atoms with van der Waals surface area (Å²) in [7, 11) is 0.618. The smallest absolute Gasteiger partial charge is 0.177 e. The summed E-state index contributed by atoms with van der Waals surface area (Å²) >= 11 is 0. The summed E-state index contributed by atoms with van der Waals surface area (Å²) in [6.07, 6.45) is 1.22. The van der Waals surface area contributed by atoms with Gasteiger partial charge in [0.25, 0.3) is 0 Å². The molecule has 0 saturated carbocycles. The molecule has 0 atom stereocenters. The molecule has 0 bridgehead atoms. The molecule has 0 fully saturated rings. The Labute approximate surface area is 148 Å². The molecule has 0 radical (unpaired) electrons. The van der Waals surface area contributed by atoms with Crippen molar-refractivity contribution in [2.24, 2.45) is 0 Å². The Hall–Kier alpha value is -2.60. The summed E-state index contributed by atoms with van der Waals surface area (Å²) < 4.78 is 23.9. The number of benzene rings is 2. The Morgan fingerprint density at radius 2 is 1.72 bits per heavy atom. The van der Waals surface area contributed by atoms with Crippen molar-refractivity contribution in [2.75, 3.05) is 30.6 Å². The maximum atomic E-state index is 12.0. The third-order valence-corrected chi connectivity index (χ3v) is 5.16. The Bertz CT molecular complexity index is 1010. The highest BCUT2D eigenvalue weighted by Crippen LogP contribution is 2.25. The lowest BCUT2D eigenvalue weighted by atomic mass is 10.1. The Kier molecular flexibility index (Phi) is 4.63. The predicted molar refractivity (Wildman–Crippen MR) is 103 cm³/mol. The third kappa shape index (κ3) is 3.74. The number of fused-ring (bicyclic) bond motifs is 1. The molecule has 5 nitrogen and oxygen atoms in total. The van der Waals surface area contributed by atoms with Crippen LogP contribution in [0, 0.1) is 0 Å². The van der Waals surface area contributed by atoms with Gasteiger partial charge in [-0.05, 0) is 29.8 Å². The lowest BCUT2D eigenvalue weighted by molar-refractivity contribution is 0.602. The number of nitrogens with zero attached hydrogens (tertiary/aromatic N) is 2. The fraction of sp³-hybridized carbons (Fsp3) is 0.211. The molecule has 130 valence electrons. The van der Waals surface area contributed by atoms with Crippen LogP contribution in [0.3, 0.4) is 0 Å². The van der Waals surface area contributed by atoms with Gasteiger partial charge in [0, 0.05) is 32.3 Å². The van der Waals surface area contributed by atoms with Crippen LogP contribution in [0.25, 0.3) is 10.9 Å². The average Bonchev–Trinajstić information content (AvgIpc) is 2.58. The van der Waals surface area contributed by atoms with Crippen LogP contribution >= 0.6 is 0 Å². The molecule has 6 heteroatoms. The molecule has 25 heavy (non-hydrogen) atoms. The first-order valence-electron chi connectivity index (χ1n) is 7.95. The fourth-order valence-corrected chi connectivity index (χ4v) is 3.60. The number of pyridine rings is 1. The topological polar surface area (TPSA) is 62.3 Å². The monoisotopic (exact) mass is 355 g/mol. The molecule has 0 unspecified atom stereocenters. The van der Waals surface area contributed by atoms with Crippen LogP contribution in [0.4, 0.5) is 11.5 Å². The number of hydrogen-bond acceptors (Lipinski definition) is 5. The van der Waals surface area contributed by atoms with Gasteiger partial charge in [0.05, 0.1) is 16.1 Å². The molecular weight excluding hydrogens is 334 g/mol. The van der Waals surface area contributed by atoms with Crippen LogP contribution in [0.2, 0.25) is 0 Å². The number of para-hydroxylation sites is 2. The van der Waals surface area contributed by atoms with Gasteiger partial charge >= 0.3 is 0 Å². The Morgan fingerprint density at radius 3 is 2.44 bits per heavy atom. The van der Waals surface area contributed by atoms with Crippen LogP contribution in [-0.2, 0) is 16.4 Å². The minimum Gasteiger partial charge on any atom is -0.380 e. The second kappa shape index (κ2) is 6.72. The number of nitrogens with one attached hydrogen (secondary N) is 1. The van der Waals surface area contributed by atoms with Crippen molar-refractivity contribution in [3.05, 3.63) is 60.2 Å². The molecular formula is C19H21N3O2S. The van der Waals surface area contributed by atoms with Crippen LogP contribution in [0.15, 0.2) is 59.5 Å². The van der Waals surface area contributed by atoms with Crippen molar-refractivity contribution in [2.45, 2.75) is 11.4 Å². The van der Waals surface area contributed by atoms with E-state index in [1.165, 1.54) is 6.26 Å². The zero-order valence-corrected chi connectivity index (χ0v) is 15.3. The first-order valence-corrected chi connectivity index (χ1v) is 9.84. The molecule has 0 saturated heterocycles. The SMILES string of the molecule is CN(C)c1cc(CNc2ccccc2S(C)(=O)=O)c2ccccc2n1. The second-order valence-electron chi connectivity index (χ2n) is 6.17. The Balaban J connectivity index is 2.00. The summed E-state index contributed by atoms with van der Waals surface area (Å²) in [5, 5.41) is 4.32. The van der Waals surface area contributed by atoms with Crippen molar-refractivity contribution in [3.63, 3.8) is 0 Å². The summed E-state index contributed by atoms with van der Waals surface area (Å²) in [6.45, 7) is 0.510. The summed E-state index contributed by atoms with van der Waals surface area (Å²) in [6, 6.07) is 16.9. The standard InChI is InChI=1S/C19H21N3O2S/c1-22(2)19-12-14(15-8-4-5-9-16(15)21-19)13-20-17-10-6-7-11-18(17)25(3,23)24/h4-12,20H,13H2,1-3H3. The average molecular weight is 355 g/mol. The van der Waals surface area contributed by atoms with Gasteiger partial charge in [-0.3, -0.25) is 0 Å². The number of sulfone groups is 1. The van der Waals surface area contributed by atoms with Gasteiger partial charge in [0.1, 0.15) is 5.82 Å². The fourth-order valence-electron chi connectivity index (χ4n) is 2.73. The van der Waals surface area contributed by atoms with E-state index in [0.29, 0.717) is 17.1 Å². The van der Waals surface area contributed by atoms with Gasteiger partial charge in [0.2, 0.25) is 0 Å². The van der Waals surface area contributed by atoms with E-state index < -0.39 is 9.84 Å². The van der Waals surface area contributed by atoms with E-state index in [-0.39, 0.29) is 0 Å². The van der Waals surface area contributed by atoms with Gasteiger partial charge in [-0.25, -0.2) is 13.4 Å². The lowest BCUT2D eigenvalue weighted by Crippen LogP contribution is -2.12. The highest BCUT2D eigenvalue weighted by Gasteiger charge is 2.13. The summed E-state index contributed by atoms with van der Waals surface area (Å²) in [5.41, 5.74) is 2.59. The predicted octanol–water partition coefficient (Wildman–Crippen LogP) is 3.32. The molecule has 0 aliphatic heterocycles. The molecule has 0 spiro atoms. The van der Waals surface area contributed by atoms with Crippen LogP contribution < -0.4 is 10.2 Å². The van der Waals surface area contributed by atoms with Gasteiger partial charge < -0.3 is 10.2 Å². The van der Waals surface area contributed by atoms with E-state index in [1.807, 2.05) is 55.4 Å². The number of aromatic nitrogens is 1. The second-order valence-corrected chi connectivity index (χ2v) is 8.16. The first-order chi connectivity index (χ1) is 11.9. The normalized spacial score (nSPS) is 11.5. The van der Waals surface area contributed by atoms with Crippen molar-refractivity contribution < 1.29 is 8.42 Å². The maximum absolute atomic E-state index is 12.0. The Morgan fingerprint density at radius 1 is 1.04 bits per heavy atom. The molecule has 0 aliphatic rings. The van der Waals surface area contributed by atoms with Gasteiger partial charge in [-0.15, -0.1) is 0 Å². The van der Waals surface area contributed by atoms with Gasteiger partial charge in [-0.2, -0.15) is 0 Å². The van der Waals surface area contributed by atoms with E-state index in [2.05, 4.69) is 10.3 Å². The highest BCUT2D eigenvalue weighted by atomic mass is 32.2. The van der Waals surface area contributed by atoms with Crippen LogP contribution in [0.1, 0.15) is 5.56 Å². The minimum absolute atomic E-state index is 0.307. The molecule has 0 amide bonds. The molecule has 1 N–H and O–H groups in total. The van der Waals surface area contributed by atoms with E-state index in [1.54, 1.807) is 18.2 Å². The quantitative estimate of drug-likeness (QED) is 0.761. The van der Waals surface area contributed by atoms with Gasteiger partial charge in [0.15, 0.2) is 9.84 Å².